The molecule has 0 bridgehead atoms. The van der Waals surface area contributed by atoms with Gasteiger partial charge in [0.25, 0.3) is 5.91 Å². The lowest BCUT2D eigenvalue weighted by molar-refractivity contribution is 0.0913. The fourth-order valence-corrected chi connectivity index (χ4v) is 4.42. The van der Waals surface area contributed by atoms with Crippen molar-refractivity contribution < 1.29 is 14.6 Å². The molecule has 0 unspecified atom stereocenters. The summed E-state index contributed by atoms with van der Waals surface area (Å²) in [6.45, 7) is 2.19. The number of aliphatic hydroxyl groups is 1. The highest BCUT2D eigenvalue weighted by molar-refractivity contribution is 7.98. The van der Waals surface area contributed by atoms with Crippen LogP contribution in [0.25, 0.3) is 22.0 Å². The molecule has 6 heteroatoms. The maximum absolute atomic E-state index is 13.3. The Bertz CT molecular complexity index is 1250. The number of fused-ring (bicyclic) bond motifs is 1. The largest absolute Gasteiger partial charge is 0.493 e. The quantitative estimate of drug-likeness (QED) is 0.297. The van der Waals surface area contributed by atoms with Crippen molar-refractivity contribution in [3.63, 3.8) is 0 Å². The summed E-state index contributed by atoms with van der Waals surface area (Å²) < 4.78 is 5.74. The molecule has 0 saturated heterocycles. The molecule has 170 valence electrons. The molecule has 1 atom stereocenters. The molecule has 0 aliphatic carbocycles. The van der Waals surface area contributed by atoms with Gasteiger partial charge in [0.2, 0.25) is 0 Å². The number of aromatic nitrogens is 1. The number of amides is 1. The zero-order valence-corrected chi connectivity index (χ0v) is 19.6. The van der Waals surface area contributed by atoms with Gasteiger partial charge in [-0.1, -0.05) is 36.4 Å². The van der Waals surface area contributed by atoms with Gasteiger partial charge in [-0.15, -0.1) is 11.8 Å². The first-order chi connectivity index (χ1) is 16.1. The number of rotatable bonds is 9. The van der Waals surface area contributed by atoms with E-state index in [9.17, 15) is 9.90 Å². The van der Waals surface area contributed by atoms with Crippen LogP contribution in [-0.4, -0.2) is 41.5 Å². The van der Waals surface area contributed by atoms with Crippen LogP contribution in [0.2, 0.25) is 0 Å². The lowest BCUT2D eigenvalue weighted by atomic mass is 10.0. The van der Waals surface area contributed by atoms with Gasteiger partial charge in [-0.3, -0.25) is 4.79 Å². The predicted molar refractivity (Wildman–Crippen MR) is 135 cm³/mol. The van der Waals surface area contributed by atoms with E-state index in [2.05, 4.69) is 22.4 Å². The number of nitrogens with one attached hydrogen (secondary N) is 2. The van der Waals surface area contributed by atoms with Gasteiger partial charge in [-0.05, 0) is 66.6 Å². The number of aromatic amines is 1. The number of aliphatic hydroxyl groups excluding tert-OH is 1. The van der Waals surface area contributed by atoms with Gasteiger partial charge in [0.1, 0.15) is 5.75 Å². The Morgan fingerprint density at radius 2 is 1.91 bits per heavy atom. The van der Waals surface area contributed by atoms with Crippen LogP contribution < -0.4 is 10.1 Å². The van der Waals surface area contributed by atoms with Crippen molar-refractivity contribution in [3.8, 4) is 16.9 Å². The molecule has 5 nitrogen and oxygen atoms in total. The molecule has 4 aromatic rings. The molecular formula is C27H28N2O3S. The minimum Gasteiger partial charge on any atom is -0.493 e. The molecule has 33 heavy (non-hydrogen) atoms. The molecule has 0 aliphatic rings. The molecule has 0 fully saturated rings. The van der Waals surface area contributed by atoms with Crippen LogP contribution in [-0.2, 0) is 6.42 Å². The summed E-state index contributed by atoms with van der Waals surface area (Å²) in [5, 5.41) is 14.1. The Morgan fingerprint density at radius 3 is 2.70 bits per heavy atom. The van der Waals surface area contributed by atoms with Crippen LogP contribution in [0.4, 0.5) is 0 Å². The highest BCUT2D eigenvalue weighted by atomic mass is 32.2. The zero-order chi connectivity index (χ0) is 23.2. The number of hydrogen-bond donors (Lipinski definition) is 3. The SMILES string of the molecule is CCOc1ccc(-c2cccc(SC)c2)cc1C(=O)N[C@@H](CO)Cc1c[nH]c2ccccc12. The molecule has 1 aromatic heterocycles. The zero-order valence-electron chi connectivity index (χ0n) is 18.8. The first-order valence-corrected chi connectivity index (χ1v) is 12.2. The van der Waals surface area contributed by atoms with Gasteiger partial charge in [0.05, 0.1) is 24.8 Å². The standard InChI is InChI=1S/C27H28N2O3S/c1-3-32-26-12-11-19(18-7-6-8-22(14-18)33-2)15-24(26)27(31)29-21(17-30)13-20-16-28-25-10-5-4-9-23(20)25/h4-12,14-16,21,28,30H,3,13,17H2,1-2H3,(H,29,31)/t21-/m1/s1. The van der Waals surface area contributed by atoms with Crippen molar-refractivity contribution in [2.75, 3.05) is 19.5 Å². The normalized spacial score (nSPS) is 12.0. The Labute approximate surface area is 198 Å². The van der Waals surface area contributed by atoms with Crippen LogP contribution in [0.3, 0.4) is 0 Å². The molecule has 1 heterocycles. The summed E-state index contributed by atoms with van der Waals surface area (Å²) >= 11 is 1.68. The number of benzene rings is 3. The monoisotopic (exact) mass is 460 g/mol. The molecule has 0 aliphatic heterocycles. The third kappa shape index (κ3) is 5.24. The summed E-state index contributed by atoms with van der Waals surface area (Å²) in [5.41, 5.74) is 4.53. The van der Waals surface area contributed by atoms with Crippen LogP contribution >= 0.6 is 11.8 Å². The van der Waals surface area contributed by atoms with Crippen molar-refractivity contribution in [3.05, 3.63) is 84.1 Å². The smallest absolute Gasteiger partial charge is 0.255 e. The van der Waals surface area contributed by atoms with E-state index in [0.717, 1.165) is 32.5 Å². The average Bonchev–Trinajstić information content (AvgIpc) is 3.26. The minimum atomic E-state index is -0.422. The second kappa shape index (κ2) is 10.6. The van der Waals surface area contributed by atoms with Crippen molar-refractivity contribution in [1.82, 2.24) is 10.3 Å². The van der Waals surface area contributed by atoms with Crippen molar-refractivity contribution in [2.24, 2.45) is 0 Å². The topological polar surface area (TPSA) is 74.3 Å². The second-order valence-electron chi connectivity index (χ2n) is 7.79. The fourth-order valence-electron chi connectivity index (χ4n) is 3.96. The Balaban J connectivity index is 1.59. The van der Waals surface area contributed by atoms with Crippen LogP contribution in [0.5, 0.6) is 5.75 Å². The molecular weight excluding hydrogens is 432 g/mol. The number of thioether (sulfide) groups is 1. The Morgan fingerprint density at radius 1 is 1.09 bits per heavy atom. The van der Waals surface area contributed by atoms with Crippen molar-refractivity contribution in [2.45, 2.75) is 24.3 Å². The molecule has 4 rings (SSSR count). The Hall–Kier alpha value is -3.22. The maximum atomic E-state index is 13.3. The molecule has 0 spiro atoms. The van der Waals surface area contributed by atoms with Crippen molar-refractivity contribution >= 4 is 28.6 Å². The number of carbonyl (C=O) groups is 1. The Kier molecular flexibility index (Phi) is 7.37. The highest BCUT2D eigenvalue weighted by Gasteiger charge is 2.19. The summed E-state index contributed by atoms with van der Waals surface area (Å²) in [4.78, 5) is 17.7. The molecule has 0 radical (unpaired) electrons. The number of hydrogen-bond acceptors (Lipinski definition) is 4. The van der Waals surface area contributed by atoms with Crippen LogP contribution in [0.15, 0.2) is 77.8 Å². The fraction of sp³-hybridized carbons (Fsp3) is 0.222. The molecule has 3 N–H and O–H groups in total. The first kappa shape index (κ1) is 23.0. The summed E-state index contributed by atoms with van der Waals surface area (Å²) in [6, 6.07) is 21.5. The van der Waals surface area contributed by atoms with E-state index in [1.54, 1.807) is 11.8 Å². The van der Waals surface area contributed by atoms with E-state index in [1.165, 1.54) is 0 Å². The summed E-state index contributed by atoms with van der Waals surface area (Å²) in [7, 11) is 0. The lowest BCUT2D eigenvalue weighted by Gasteiger charge is -2.18. The number of para-hydroxylation sites is 1. The van der Waals surface area contributed by atoms with E-state index in [-0.39, 0.29) is 12.5 Å². The molecule has 1 amide bonds. The first-order valence-electron chi connectivity index (χ1n) is 11.0. The maximum Gasteiger partial charge on any atom is 0.255 e. The summed E-state index contributed by atoms with van der Waals surface area (Å²) in [5.74, 6) is 0.267. The average molecular weight is 461 g/mol. The molecule has 0 saturated carbocycles. The van der Waals surface area contributed by atoms with Gasteiger partial charge < -0.3 is 20.1 Å². The number of ether oxygens (including phenoxy) is 1. The van der Waals surface area contributed by atoms with Gasteiger partial charge in [-0.25, -0.2) is 0 Å². The van der Waals surface area contributed by atoms with Crippen molar-refractivity contribution in [1.29, 1.82) is 0 Å². The van der Waals surface area contributed by atoms with E-state index in [1.807, 2.05) is 74.0 Å². The van der Waals surface area contributed by atoms with Gasteiger partial charge in [-0.2, -0.15) is 0 Å². The van der Waals surface area contributed by atoms with E-state index < -0.39 is 6.04 Å². The predicted octanol–water partition coefficient (Wildman–Crippen LogP) is 5.29. The highest BCUT2D eigenvalue weighted by Crippen LogP contribution is 2.29. The number of carbonyl (C=O) groups excluding carboxylic acids is 1. The van der Waals surface area contributed by atoms with Crippen LogP contribution in [0.1, 0.15) is 22.8 Å². The van der Waals surface area contributed by atoms with Gasteiger partial charge in [0.15, 0.2) is 0 Å². The summed E-state index contributed by atoms with van der Waals surface area (Å²) in [6.07, 6.45) is 4.50. The van der Waals surface area contributed by atoms with E-state index >= 15 is 0 Å². The second-order valence-corrected chi connectivity index (χ2v) is 8.67. The third-order valence-corrected chi connectivity index (χ3v) is 6.35. The number of H-pyrrole nitrogens is 1. The lowest BCUT2D eigenvalue weighted by Crippen LogP contribution is -2.39. The molecule has 3 aromatic carbocycles. The van der Waals surface area contributed by atoms with E-state index in [0.29, 0.717) is 24.3 Å². The third-order valence-electron chi connectivity index (χ3n) is 5.62. The minimum absolute atomic E-state index is 0.162. The van der Waals surface area contributed by atoms with Gasteiger partial charge >= 0.3 is 0 Å². The van der Waals surface area contributed by atoms with Crippen LogP contribution in [0, 0.1) is 0 Å². The van der Waals surface area contributed by atoms with E-state index in [4.69, 9.17) is 4.74 Å². The van der Waals surface area contributed by atoms with Gasteiger partial charge in [0, 0.05) is 22.0 Å².